The maximum atomic E-state index is 11.7. The van der Waals surface area contributed by atoms with Crippen molar-refractivity contribution in [2.24, 2.45) is 0 Å². The number of rotatable bonds is 6. The molecule has 16 heavy (non-hydrogen) atoms. The average Bonchev–Trinajstić information content (AvgIpc) is 2.70. The van der Waals surface area contributed by atoms with E-state index in [0.717, 1.165) is 19.3 Å². The van der Waals surface area contributed by atoms with E-state index in [4.69, 9.17) is 4.74 Å². The van der Waals surface area contributed by atoms with Crippen LogP contribution in [0.1, 0.15) is 58.8 Å². The number of ether oxygens (including phenoxy) is 1. The predicted molar refractivity (Wildman–Crippen MR) is 65.3 cm³/mol. The number of unbranched alkanes of at least 4 members (excludes halogenated alkanes) is 1. The van der Waals surface area contributed by atoms with Gasteiger partial charge in [0, 0.05) is 5.54 Å². The van der Waals surface area contributed by atoms with Gasteiger partial charge in [0.25, 0.3) is 0 Å². The van der Waals surface area contributed by atoms with E-state index in [9.17, 15) is 4.79 Å². The lowest BCUT2D eigenvalue weighted by molar-refractivity contribution is -0.144. The fourth-order valence-electron chi connectivity index (χ4n) is 2.52. The maximum Gasteiger partial charge on any atom is 0.322 e. The Kier molecular flexibility index (Phi) is 5.26. The van der Waals surface area contributed by atoms with Gasteiger partial charge in [0.1, 0.15) is 6.04 Å². The van der Waals surface area contributed by atoms with Crippen molar-refractivity contribution in [2.75, 3.05) is 7.11 Å². The molecular formula is C13H25NO2. The standard InChI is InChI=1S/C13H25NO2/c1-4-5-8-11(12(15)16-3)14-13(2)9-6-7-10-13/h11,14H,4-10H2,1-3H3. The molecule has 1 N–H and O–H groups in total. The van der Waals surface area contributed by atoms with Gasteiger partial charge in [-0.25, -0.2) is 0 Å². The highest BCUT2D eigenvalue weighted by molar-refractivity contribution is 5.75. The minimum atomic E-state index is -0.118. The lowest BCUT2D eigenvalue weighted by Crippen LogP contribution is -2.50. The molecule has 1 unspecified atom stereocenters. The van der Waals surface area contributed by atoms with Gasteiger partial charge >= 0.3 is 5.97 Å². The predicted octanol–water partition coefficient (Wildman–Crippen LogP) is 2.64. The second-order valence-corrected chi connectivity index (χ2v) is 5.13. The Morgan fingerprint density at radius 2 is 2.06 bits per heavy atom. The van der Waals surface area contributed by atoms with Crippen LogP contribution in [0.25, 0.3) is 0 Å². The number of carbonyl (C=O) groups is 1. The van der Waals surface area contributed by atoms with E-state index in [1.807, 2.05) is 0 Å². The van der Waals surface area contributed by atoms with Crippen LogP contribution in [-0.4, -0.2) is 24.7 Å². The maximum absolute atomic E-state index is 11.7. The zero-order valence-electron chi connectivity index (χ0n) is 10.8. The number of esters is 1. The highest BCUT2D eigenvalue weighted by atomic mass is 16.5. The van der Waals surface area contributed by atoms with Gasteiger partial charge < -0.3 is 4.74 Å². The topological polar surface area (TPSA) is 38.3 Å². The zero-order valence-corrected chi connectivity index (χ0v) is 10.8. The third-order valence-corrected chi connectivity index (χ3v) is 3.56. The van der Waals surface area contributed by atoms with E-state index >= 15 is 0 Å². The first-order valence-corrected chi connectivity index (χ1v) is 6.47. The van der Waals surface area contributed by atoms with Crippen LogP contribution < -0.4 is 5.32 Å². The molecule has 1 aliphatic rings. The first-order valence-electron chi connectivity index (χ1n) is 6.47. The minimum Gasteiger partial charge on any atom is -0.468 e. The summed E-state index contributed by atoms with van der Waals surface area (Å²) in [5, 5.41) is 3.50. The summed E-state index contributed by atoms with van der Waals surface area (Å²) in [6.45, 7) is 4.37. The summed E-state index contributed by atoms with van der Waals surface area (Å²) in [6, 6.07) is -0.118. The fourth-order valence-corrected chi connectivity index (χ4v) is 2.52. The third kappa shape index (κ3) is 3.78. The number of carbonyl (C=O) groups excluding carboxylic acids is 1. The molecule has 0 spiro atoms. The number of nitrogens with one attached hydrogen (secondary N) is 1. The summed E-state index contributed by atoms with van der Waals surface area (Å²) in [5.41, 5.74) is 0.145. The smallest absolute Gasteiger partial charge is 0.322 e. The van der Waals surface area contributed by atoms with E-state index in [1.54, 1.807) is 0 Å². The molecule has 1 aliphatic carbocycles. The van der Waals surface area contributed by atoms with Gasteiger partial charge in [-0.1, -0.05) is 32.6 Å². The van der Waals surface area contributed by atoms with Crippen molar-refractivity contribution >= 4 is 5.97 Å². The Labute approximate surface area is 98.9 Å². The van der Waals surface area contributed by atoms with Crippen LogP contribution in [-0.2, 0) is 9.53 Å². The molecule has 0 amide bonds. The van der Waals surface area contributed by atoms with E-state index in [1.165, 1.54) is 32.8 Å². The Bertz CT molecular complexity index is 222. The molecule has 1 atom stereocenters. The van der Waals surface area contributed by atoms with E-state index in [0.29, 0.717) is 0 Å². The highest BCUT2D eigenvalue weighted by Gasteiger charge is 2.33. The lowest BCUT2D eigenvalue weighted by atomic mass is 9.97. The van der Waals surface area contributed by atoms with Crippen molar-refractivity contribution < 1.29 is 9.53 Å². The molecular weight excluding hydrogens is 202 g/mol. The largest absolute Gasteiger partial charge is 0.468 e. The lowest BCUT2D eigenvalue weighted by Gasteiger charge is -2.30. The average molecular weight is 227 g/mol. The van der Waals surface area contributed by atoms with Crippen LogP contribution in [0.3, 0.4) is 0 Å². The number of methoxy groups -OCH3 is 1. The van der Waals surface area contributed by atoms with Gasteiger partial charge in [0.2, 0.25) is 0 Å². The van der Waals surface area contributed by atoms with Crippen molar-refractivity contribution in [1.82, 2.24) is 5.32 Å². The van der Waals surface area contributed by atoms with Gasteiger partial charge in [0.15, 0.2) is 0 Å². The molecule has 1 saturated carbocycles. The summed E-state index contributed by atoms with van der Waals surface area (Å²) >= 11 is 0. The Balaban J connectivity index is 2.51. The molecule has 0 radical (unpaired) electrons. The highest BCUT2D eigenvalue weighted by Crippen LogP contribution is 2.29. The second kappa shape index (κ2) is 6.24. The van der Waals surface area contributed by atoms with E-state index in [2.05, 4.69) is 19.2 Å². The first-order chi connectivity index (χ1) is 7.61. The monoisotopic (exact) mass is 227 g/mol. The van der Waals surface area contributed by atoms with Gasteiger partial charge in [-0.2, -0.15) is 0 Å². The fraction of sp³-hybridized carbons (Fsp3) is 0.923. The first kappa shape index (κ1) is 13.5. The van der Waals surface area contributed by atoms with E-state index in [-0.39, 0.29) is 17.6 Å². The van der Waals surface area contributed by atoms with Gasteiger partial charge in [0.05, 0.1) is 7.11 Å². The zero-order chi connectivity index (χ0) is 12.0. The van der Waals surface area contributed by atoms with Crippen LogP contribution >= 0.6 is 0 Å². The van der Waals surface area contributed by atoms with Crippen molar-refractivity contribution in [3.63, 3.8) is 0 Å². The summed E-state index contributed by atoms with van der Waals surface area (Å²) in [5.74, 6) is -0.110. The second-order valence-electron chi connectivity index (χ2n) is 5.13. The van der Waals surface area contributed by atoms with Crippen LogP contribution in [0.2, 0.25) is 0 Å². The molecule has 0 aromatic rings. The molecule has 0 aromatic heterocycles. The Hall–Kier alpha value is -0.570. The molecule has 0 aromatic carbocycles. The summed E-state index contributed by atoms with van der Waals surface area (Å²) in [6.07, 6.45) is 7.96. The molecule has 0 aliphatic heterocycles. The Morgan fingerprint density at radius 1 is 1.44 bits per heavy atom. The van der Waals surface area contributed by atoms with Crippen molar-refractivity contribution in [3.8, 4) is 0 Å². The summed E-state index contributed by atoms with van der Waals surface area (Å²) in [4.78, 5) is 11.7. The molecule has 3 heteroatoms. The third-order valence-electron chi connectivity index (χ3n) is 3.56. The van der Waals surface area contributed by atoms with Crippen LogP contribution in [0, 0.1) is 0 Å². The summed E-state index contributed by atoms with van der Waals surface area (Å²) in [7, 11) is 1.47. The Morgan fingerprint density at radius 3 is 2.56 bits per heavy atom. The summed E-state index contributed by atoms with van der Waals surface area (Å²) < 4.78 is 4.86. The van der Waals surface area contributed by atoms with Crippen LogP contribution in [0.4, 0.5) is 0 Å². The van der Waals surface area contributed by atoms with Crippen LogP contribution in [0.5, 0.6) is 0 Å². The SMILES string of the molecule is CCCCC(NC1(C)CCCC1)C(=O)OC. The van der Waals surface area contributed by atoms with Crippen molar-refractivity contribution in [1.29, 1.82) is 0 Å². The van der Waals surface area contributed by atoms with Gasteiger partial charge in [-0.15, -0.1) is 0 Å². The van der Waals surface area contributed by atoms with Crippen LogP contribution in [0.15, 0.2) is 0 Å². The molecule has 0 heterocycles. The van der Waals surface area contributed by atoms with E-state index < -0.39 is 0 Å². The number of hydrogen-bond donors (Lipinski definition) is 1. The molecule has 3 nitrogen and oxygen atoms in total. The molecule has 1 fully saturated rings. The molecule has 94 valence electrons. The molecule has 0 saturated heterocycles. The van der Waals surface area contributed by atoms with Gasteiger partial charge in [-0.05, 0) is 26.2 Å². The van der Waals surface area contributed by atoms with Gasteiger partial charge in [-0.3, -0.25) is 10.1 Å². The normalized spacial score (nSPS) is 20.7. The van der Waals surface area contributed by atoms with Crippen molar-refractivity contribution in [2.45, 2.75) is 70.4 Å². The minimum absolute atomic E-state index is 0.110. The molecule has 0 bridgehead atoms. The quantitative estimate of drug-likeness (QED) is 0.709. The molecule has 1 rings (SSSR count). The van der Waals surface area contributed by atoms with Crippen molar-refractivity contribution in [3.05, 3.63) is 0 Å². The number of hydrogen-bond acceptors (Lipinski definition) is 3.